The average Bonchev–Trinajstić information content (AvgIpc) is 3.19. The van der Waals surface area contributed by atoms with Gasteiger partial charge in [0.15, 0.2) is 0 Å². The summed E-state index contributed by atoms with van der Waals surface area (Å²) in [5.41, 5.74) is 0.678. The van der Waals surface area contributed by atoms with E-state index in [9.17, 15) is 17.6 Å². The SMILES string of the molecule is Cc1nccn1-c1ccc(NC(=O)C2CCN(S(=O)(=O)c3cccnc3Cl)CC2)cc1F. The molecule has 1 aromatic carbocycles. The van der Waals surface area contributed by atoms with Crippen molar-refractivity contribution in [2.75, 3.05) is 18.4 Å². The molecule has 1 N–H and O–H groups in total. The third-order valence-electron chi connectivity index (χ3n) is 5.47. The number of nitrogens with zero attached hydrogens (tertiary/aromatic N) is 4. The van der Waals surface area contributed by atoms with E-state index in [1.54, 1.807) is 36.0 Å². The van der Waals surface area contributed by atoms with Crippen molar-refractivity contribution in [3.05, 3.63) is 65.7 Å². The van der Waals surface area contributed by atoms with E-state index < -0.39 is 15.8 Å². The Morgan fingerprint density at radius 2 is 1.94 bits per heavy atom. The zero-order valence-electron chi connectivity index (χ0n) is 17.2. The molecule has 11 heteroatoms. The molecular formula is C21H21ClFN5O3S. The van der Waals surface area contributed by atoms with E-state index in [2.05, 4.69) is 15.3 Å². The predicted molar refractivity (Wildman–Crippen MR) is 118 cm³/mol. The summed E-state index contributed by atoms with van der Waals surface area (Å²) >= 11 is 5.95. The predicted octanol–water partition coefficient (Wildman–Crippen LogP) is 3.41. The molecule has 168 valence electrons. The normalized spacial score (nSPS) is 15.6. The lowest BCUT2D eigenvalue weighted by molar-refractivity contribution is -0.120. The van der Waals surface area contributed by atoms with Crippen LogP contribution in [-0.4, -0.2) is 46.3 Å². The van der Waals surface area contributed by atoms with Gasteiger partial charge in [0.25, 0.3) is 0 Å². The number of piperidine rings is 1. The number of halogens is 2. The number of aromatic nitrogens is 3. The number of aryl methyl sites for hydroxylation is 1. The maximum Gasteiger partial charge on any atom is 0.246 e. The minimum atomic E-state index is -3.79. The minimum absolute atomic E-state index is 0.0479. The van der Waals surface area contributed by atoms with E-state index in [1.165, 1.54) is 28.7 Å². The van der Waals surface area contributed by atoms with E-state index in [0.29, 0.717) is 30.0 Å². The van der Waals surface area contributed by atoms with E-state index in [1.807, 2.05) is 0 Å². The fourth-order valence-corrected chi connectivity index (χ4v) is 5.62. The van der Waals surface area contributed by atoms with Crippen LogP contribution < -0.4 is 5.32 Å². The summed E-state index contributed by atoms with van der Waals surface area (Å²) in [5, 5.41) is 2.65. The van der Waals surface area contributed by atoms with Crippen molar-refractivity contribution in [1.29, 1.82) is 0 Å². The van der Waals surface area contributed by atoms with Crippen molar-refractivity contribution < 1.29 is 17.6 Å². The van der Waals surface area contributed by atoms with E-state index >= 15 is 0 Å². The first-order valence-corrected chi connectivity index (χ1v) is 11.8. The first-order chi connectivity index (χ1) is 15.3. The van der Waals surface area contributed by atoms with Crippen molar-refractivity contribution >= 4 is 33.2 Å². The number of carbonyl (C=O) groups excluding carboxylic acids is 1. The second-order valence-corrected chi connectivity index (χ2v) is 9.73. The Hall–Kier alpha value is -2.82. The second kappa shape index (κ2) is 8.97. The summed E-state index contributed by atoms with van der Waals surface area (Å²) in [7, 11) is -3.79. The highest BCUT2D eigenvalue weighted by Crippen LogP contribution is 2.28. The van der Waals surface area contributed by atoms with Crippen molar-refractivity contribution in [3.63, 3.8) is 0 Å². The van der Waals surface area contributed by atoms with Gasteiger partial charge >= 0.3 is 0 Å². The van der Waals surface area contributed by atoms with Crippen LogP contribution in [0, 0.1) is 18.7 Å². The van der Waals surface area contributed by atoms with Gasteiger partial charge in [0, 0.05) is 43.3 Å². The summed E-state index contributed by atoms with van der Waals surface area (Å²) in [6.45, 7) is 2.13. The topological polar surface area (TPSA) is 97.2 Å². The number of carbonyl (C=O) groups is 1. The summed E-state index contributed by atoms with van der Waals surface area (Å²) in [5.74, 6) is -0.495. The molecule has 3 heterocycles. The van der Waals surface area contributed by atoms with Gasteiger partial charge < -0.3 is 9.88 Å². The Morgan fingerprint density at radius 3 is 2.56 bits per heavy atom. The summed E-state index contributed by atoms with van der Waals surface area (Å²) in [6, 6.07) is 7.38. The minimum Gasteiger partial charge on any atom is -0.326 e. The van der Waals surface area contributed by atoms with E-state index in [0.717, 1.165) is 0 Å². The van der Waals surface area contributed by atoms with Crippen LogP contribution in [0.2, 0.25) is 5.15 Å². The number of imidazole rings is 1. The Balaban J connectivity index is 1.39. The monoisotopic (exact) mass is 477 g/mol. The Bertz CT molecular complexity index is 1260. The Kier molecular flexibility index (Phi) is 6.27. The molecule has 1 saturated heterocycles. The molecule has 0 spiro atoms. The van der Waals surface area contributed by atoms with Gasteiger partial charge in [-0.25, -0.2) is 22.8 Å². The third kappa shape index (κ3) is 4.38. The molecule has 32 heavy (non-hydrogen) atoms. The molecule has 0 radical (unpaired) electrons. The number of rotatable bonds is 5. The van der Waals surface area contributed by atoms with Gasteiger partial charge in [-0.2, -0.15) is 4.31 Å². The van der Waals surface area contributed by atoms with Crippen LogP contribution >= 0.6 is 11.6 Å². The van der Waals surface area contributed by atoms with Crippen LogP contribution in [0.25, 0.3) is 5.69 Å². The maximum atomic E-state index is 14.6. The lowest BCUT2D eigenvalue weighted by Gasteiger charge is -2.30. The molecule has 0 atom stereocenters. The Morgan fingerprint density at radius 1 is 1.19 bits per heavy atom. The summed E-state index contributed by atoms with van der Waals surface area (Å²) in [4.78, 5) is 20.5. The lowest BCUT2D eigenvalue weighted by atomic mass is 9.97. The largest absolute Gasteiger partial charge is 0.326 e. The fourth-order valence-electron chi connectivity index (χ4n) is 3.72. The average molecular weight is 478 g/mol. The number of benzene rings is 1. The maximum absolute atomic E-state index is 14.6. The molecule has 1 aliphatic heterocycles. The van der Waals surface area contributed by atoms with Gasteiger partial charge in [-0.05, 0) is 50.1 Å². The molecular weight excluding hydrogens is 457 g/mol. The summed E-state index contributed by atoms with van der Waals surface area (Å²) in [6.07, 6.45) is 5.35. The molecule has 1 fully saturated rings. The van der Waals surface area contributed by atoms with Crippen molar-refractivity contribution in [1.82, 2.24) is 18.8 Å². The number of anilines is 1. The van der Waals surface area contributed by atoms with Gasteiger partial charge in [-0.15, -0.1) is 0 Å². The number of pyridine rings is 1. The Labute approximate surface area is 190 Å². The van der Waals surface area contributed by atoms with Gasteiger partial charge in [0.1, 0.15) is 21.7 Å². The van der Waals surface area contributed by atoms with Gasteiger partial charge in [-0.1, -0.05) is 11.6 Å². The highest BCUT2D eigenvalue weighted by molar-refractivity contribution is 7.89. The third-order valence-corrected chi connectivity index (χ3v) is 7.81. The molecule has 1 amide bonds. The zero-order chi connectivity index (χ0) is 22.9. The van der Waals surface area contributed by atoms with E-state index in [4.69, 9.17) is 11.6 Å². The highest BCUT2D eigenvalue weighted by Gasteiger charge is 2.33. The molecule has 0 bridgehead atoms. The first-order valence-electron chi connectivity index (χ1n) is 9.99. The van der Waals surface area contributed by atoms with Crippen LogP contribution in [0.3, 0.4) is 0 Å². The first kappa shape index (κ1) is 22.4. The number of sulfonamides is 1. The van der Waals surface area contributed by atoms with Gasteiger partial charge in [0.2, 0.25) is 15.9 Å². The molecule has 4 rings (SSSR count). The molecule has 0 unspecified atom stereocenters. The van der Waals surface area contributed by atoms with Crippen molar-refractivity contribution in [2.45, 2.75) is 24.7 Å². The van der Waals surface area contributed by atoms with Crippen LogP contribution in [-0.2, 0) is 14.8 Å². The summed E-state index contributed by atoms with van der Waals surface area (Å²) < 4.78 is 43.1. The standard InChI is InChI=1S/C21H21ClFN5O3S/c1-14-24-9-12-28(14)18-5-4-16(13-17(18)23)26-21(29)15-6-10-27(11-7-15)32(30,31)19-3-2-8-25-20(19)22/h2-5,8-9,12-13,15H,6-7,10-11H2,1H3,(H,26,29). The molecule has 0 aliphatic carbocycles. The molecule has 3 aromatic rings. The van der Waals surface area contributed by atoms with Crippen LogP contribution in [0.1, 0.15) is 18.7 Å². The van der Waals surface area contributed by atoms with E-state index in [-0.39, 0.29) is 35.0 Å². The van der Waals surface area contributed by atoms with Crippen LogP contribution in [0.4, 0.5) is 10.1 Å². The second-order valence-electron chi connectivity index (χ2n) is 7.47. The number of nitrogens with one attached hydrogen (secondary N) is 1. The quantitative estimate of drug-likeness (QED) is 0.568. The fraction of sp³-hybridized carbons (Fsp3) is 0.286. The van der Waals surface area contributed by atoms with Gasteiger partial charge in [-0.3, -0.25) is 4.79 Å². The lowest BCUT2D eigenvalue weighted by Crippen LogP contribution is -2.41. The van der Waals surface area contributed by atoms with Crippen LogP contribution in [0.5, 0.6) is 0 Å². The molecule has 1 aliphatic rings. The van der Waals surface area contributed by atoms with Crippen molar-refractivity contribution in [2.24, 2.45) is 5.92 Å². The number of amides is 1. The zero-order valence-corrected chi connectivity index (χ0v) is 18.8. The number of hydrogen-bond acceptors (Lipinski definition) is 5. The highest BCUT2D eigenvalue weighted by atomic mass is 35.5. The molecule has 8 nitrogen and oxygen atoms in total. The number of hydrogen-bond donors (Lipinski definition) is 1. The molecule has 2 aromatic heterocycles. The smallest absolute Gasteiger partial charge is 0.246 e. The van der Waals surface area contributed by atoms with Crippen molar-refractivity contribution in [3.8, 4) is 5.69 Å². The van der Waals surface area contributed by atoms with Crippen LogP contribution in [0.15, 0.2) is 53.8 Å². The van der Waals surface area contributed by atoms with Gasteiger partial charge in [0.05, 0.1) is 5.69 Å². The molecule has 0 saturated carbocycles.